The Hall–Kier alpha value is -2.65. The fraction of sp³-hybridized carbons (Fsp3) is 0.200. The summed E-state index contributed by atoms with van der Waals surface area (Å²) >= 11 is 0. The number of sulfonamides is 1. The van der Waals surface area contributed by atoms with Crippen LogP contribution < -0.4 is 10.0 Å². The Labute approximate surface area is 137 Å². The van der Waals surface area contributed by atoms with Gasteiger partial charge in [-0.2, -0.15) is 0 Å². The summed E-state index contributed by atoms with van der Waals surface area (Å²) in [6.07, 6.45) is 1.64. The minimum absolute atomic E-state index is 0.0343. The Kier molecular flexibility index (Phi) is 3.39. The van der Waals surface area contributed by atoms with Crippen LogP contribution in [0.3, 0.4) is 0 Å². The van der Waals surface area contributed by atoms with E-state index in [2.05, 4.69) is 20.0 Å². The first-order valence-electron chi connectivity index (χ1n) is 7.39. The lowest BCUT2D eigenvalue weighted by molar-refractivity contribution is 0.0991. The number of aromatic nitrogens is 2. The van der Waals surface area contributed by atoms with Crippen molar-refractivity contribution in [2.75, 3.05) is 5.32 Å². The maximum Gasteiger partial charge on any atom is 0.293 e. The van der Waals surface area contributed by atoms with Gasteiger partial charge >= 0.3 is 0 Å². The zero-order valence-corrected chi connectivity index (χ0v) is 13.3. The highest BCUT2D eigenvalue weighted by Gasteiger charge is 2.30. The number of carbonyl (C=O) groups excluding carboxylic acids is 1. The number of H-pyrrole nitrogens is 1. The third-order valence-electron chi connectivity index (χ3n) is 3.59. The summed E-state index contributed by atoms with van der Waals surface area (Å²) in [6.45, 7) is 0. The second kappa shape index (κ2) is 5.46. The SMILES string of the molecule is O=C(Nc1nc2ccccc2[nH]1)c1ccc(S(=O)(=O)NC2CC2)o1. The molecule has 3 N–H and O–H groups in total. The van der Waals surface area contributed by atoms with E-state index in [1.807, 2.05) is 24.3 Å². The number of furan rings is 1. The van der Waals surface area contributed by atoms with Crippen LogP contribution in [0.25, 0.3) is 11.0 Å². The molecule has 3 aromatic rings. The first-order valence-corrected chi connectivity index (χ1v) is 8.88. The van der Waals surface area contributed by atoms with Crippen LogP contribution in [0.2, 0.25) is 0 Å². The molecule has 0 radical (unpaired) electrons. The van der Waals surface area contributed by atoms with Crippen molar-refractivity contribution in [3.63, 3.8) is 0 Å². The molecule has 2 aromatic heterocycles. The smallest absolute Gasteiger partial charge is 0.293 e. The number of hydrogen-bond donors (Lipinski definition) is 3. The van der Waals surface area contributed by atoms with Crippen molar-refractivity contribution in [2.45, 2.75) is 24.0 Å². The molecule has 1 aliphatic carbocycles. The highest BCUT2D eigenvalue weighted by Crippen LogP contribution is 2.23. The van der Waals surface area contributed by atoms with Gasteiger partial charge in [-0.25, -0.2) is 18.1 Å². The van der Waals surface area contributed by atoms with Gasteiger partial charge in [-0.05, 0) is 37.1 Å². The molecule has 1 fully saturated rings. The fourth-order valence-corrected chi connectivity index (χ4v) is 3.48. The highest BCUT2D eigenvalue weighted by molar-refractivity contribution is 7.89. The number of para-hydroxylation sites is 2. The third-order valence-corrected chi connectivity index (χ3v) is 4.98. The number of carbonyl (C=O) groups is 1. The maximum atomic E-state index is 12.2. The Morgan fingerprint density at radius 1 is 1.21 bits per heavy atom. The summed E-state index contributed by atoms with van der Waals surface area (Å²) in [5.74, 6) is -0.424. The number of aromatic amines is 1. The van der Waals surface area contributed by atoms with E-state index in [1.54, 1.807) is 0 Å². The van der Waals surface area contributed by atoms with E-state index in [-0.39, 0.29) is 22.8 Å². The number of amides is 1. The van der Waals surface area contributed by atoms with Crippen molar-refractivity contribution in [1.82, 2.24) is 14.7 Å². The number of nitrogens with one attached hydrogen (secondary N) is 3. The molecule has 0 aliphatic heterocycles. The lowest BCUT2D eigenvalue weighted by atomic mass is 10.3. The fourth-order valence-electron chi connectivity index (χ4n) is 2.25. The highest BCUT2D eigenvalue weighted by atomic mass is 32.2. The molecule has 0 saturated heterocycles. The Morgan fingerprint density at radius 3 is 2.75 bits per heavy atom. The molecular weight excluding hydrogens is 332 g/mol. The molecule has 9 heteroatoms. The van der Waals surface area contributed by atoms with Crippen LogP contribution in [0.15, 0.2) is 45.9 Å². The van der Waals surface area contributed by atoms with E-state index >= 15 is 0 Å². The van der Waals surface area contributed by atoms with Gasteiger partial charge in [-0.1, -0.05) is 12.1 Å². The zero-order valence-electron chi connectivity index (χ0n) is 12.4. The van der Waals surface area contributed by atoms with Crippen LogP contribution in [0, 0.1) is 0 Å². The summed E-state index contributed by atoms with van der Waals surface area (Å²) in [5.41, 5.74) is 1.49. The van der Waals surface area contributed by atoms with E-state index in [9.17, 15) is 13.2 Å². The Bertz CT molecular complexity index is 984. The molecule has 8 nitrogen and oxygen atoms in total. The quantitative estimate of drug-likeness (QED) is 0.652. The summed E-state index contributed by atoms with van der Waals surface area (Å²) < 4.78 is 31.8. The molecule has 0 atom stereocenters. The second-order valence-electron chi connectivity index (χ2n) is 5.57. The molecule has 1 aromatic carbocycles. The van der Waals surface area contributed by atoms with Gasteiger partial charge < -0.3 is 9.40 Å². The number of benzene rings is 1. The van der Waals surface area contributed by atoms with Gasteiger partial charge in [-0.15, -0.1) is 0 Å². The third kappa shape index (κ3) is 2.91. The predicted octanol–water partition coefficient (Wildman–Crippen LogP) is 1.85. The molecule has 124 valence electrons. The van der Waals surface area contributed by atoms with Gasteiger partial charge in [0.15, 0.2) is 5.76 Å². The van der Waals surface area contributed by atoms with Gasteiger partial charge in [0.05, 0.1) is 11.0 Å². The van der Waals surface area contributed by atoms with Crippen LogP contribution in [0.1, 0.15) is 23.4 Å². The molecule has 0 bridgehead atoms. The predicted molar refractivity (Wildman–Crippen MR) is 86.1 cm³/mol. The monoisotopic (exact) mass is 346 g/mol. The number of hydrogen-bond acceptors (Lipinski definition) is 5. The van der Waals surface area contributed by atoms with Gasteiger partial charge in [0.25, 0.3) is 15.9 Å². The molecule has 0 spiro atoms. The molecule has 0 unspecified atom stereocenters. The van der Waals surface area contributed by atoms with Crippen LogP contribution in [0.5, 0.6) is 0 Å². The molecule has 1 aliphatic rings. The Morgan fingerprint density at radius 2 is 2.00 bits per heavy atom. The average Bonchev–Trinajstić information content (AvgIpc) is 3.05. The van der Waals surface area contributed by atoms with E-state index in [0.29, 0.717) is 5.52 Å². The molecule has 2 heterocycles. The normalized spacial score (nSPS) is 14.8. The average molecular weight is 346 g/mol. The van der Waals surface area contributed by atoms with Crippen LogP contribution in [-0.2, 0) is 10.0 Å². The molecule has 24 heavy (non-hydrogen) atoms. The standard InChI is InChI=1S/C15H14N4O4S/c20-14(18-15-16-10-3-1-2-4-11(10)17-15)12-7-8-13(23-12)24(21,22)19-9-5-6-9/h1-4,7-9,19H,5-6H2,(H2,16,17,18,20). The molecule has 1 saturated carbocycles. The minimum Gasteiger partial charge on any atom is -0.438 e. The zero-order chi connectivity index (χ0) is 16.7. The van der Waals surface area contributed by atoms with E-state index < -0.39 is 15.9 Å². The minimum atomic E-state index is -3.72. The van der Waals surface area contributed by atoms with Gasteiger partial charge in [-0.3, -0.25) is 10.1 Å². The first kappa shape index (κ1) is 14.9. The number of imidazole rings is 1. The van der Waals surface area contributed by atoms with Gasteiger partial charge in [0.2, 0.25) is 11.0 Å². The van der Waals surface area contributed by atoms with Gasteiger partial charge in [0, 0.05) is 6.04 Å². The van der Waals surface area contributed by atoms with Crippen molar-refractivity contribution in [1.29, 1.82) is 0 Å². The summed E-state index contributed by atoms with van der Waals surface area (Å²) in [6, 6.07) is 9.88. The number of anilines is 1. The van der Waals surface area contributed by atoms with E-state index in [0.717, 1.165) is 18.4 Å². The Balaban J connectivity index is 1.52. The summed E-state index contributed by atoms with van der Waals surface area (Å²) in [5, 5.41) is 2.28. The van der Waals surface area contributed by atoms with Crippen molar-refractivity contribution in [3.05, 3.63) is 42.2 Å². The summed E-state index contributed by atoms with van der Waals surface area (Å²) in [7, 11) is -3.72. The van der Waals surface area contributed by atoms with Gasteiger partial charge in [0.1, 0.15) is 0 Å². The molecule has 1 amide bonds. The maximum absolute atomic E-state index is 12.2. The van der Waals surface area contributed by atoms with Crippen molar-refractivity contribution in [2.24, 2.45) is 0 Å². The topological polar surface area (TPSA) is 117 Å². The number of rotatable bonds is 5. The van der Waals surface area contributed by atoms with Crippen LogP contribution >= 0.6 is 0 Å². The van der Waals surface area contributed by atoms with Crippen molar-refractivity contribution in [3.8, 4) is 0 Å². The van der Waals surface area contributed by atoms with Crippen molar-refractivity contribution >= 4 is 32.9 Å². The largest absolute Gasteiger partial charge is 0.438 e. The second-order valence-corrected chi connectivity index (χ2v) is 7.22. The van der Waals surface area contributed by atoms with Crippen molar-refractivity contribution < 1.29 is 17.6 Å². The van der Waals surface area contributed by atoms with E-state index in [4.69, 9.17) is 4.42 Å². The molecular formula is C15H14N4O4S. The lowest BCUT2D eigenvalue weighted by Gasteiger charge is -2.01. The first-order chi connectivity index (χ1) is 11.5. The van der Waals surface area contributed by atoms with Crippen LogP contribution in [-0.4, -0.2) is 30.3 Å². The van der Waals surface area contributed by atoms with Crippen LogP contribution in [0.4, 0.5) is 5.95 Å². The summed E-state index contributed by atoms with van der Waals surface area (Å²) in [4.78, 5) is 19.4. The van der Waals surface area contributed by atoms with E-state index in [1.165, 1.54) is 12.1 Å². The lowest BCUT2D eigenvalue weighted by Crippen LogP contribution is -2.25. The number of nitrogens with zero attached hydrogens (tertiary/aromatic N) is 1. The molecule has 4 rings (SSSR count). The number of fused-ring (bicyclic) bond motifs is 1.